The molecule has 0 unspecified atom stereocenters. The van der Waals surface area contributed by atoms with Gasteiger partial charge in [-0.2, -0.15) is 5.10 Å². The number of nitrogens with two attached hydrogens (primary N) is 1. The van der Waals surface area contributed by atoms with Crippen molar-refractivity contribution in [3.63, 3.8) is 0 Å². The second kappa shape index (κ2) is 5.44. The van der Waals surface area contributed by atoms with Crippen LogP contribution >= 0.6 is 11.8 Å². The van der Waals surface area contributed by atoms with Gasteiger partial charge in [0.05, 0.1) is 5.69 Å². The number of benzene rings is 1. The van der Waals surface area contributed by atoms with Gasteiger partial charge >= 0.3 is 0 Å². The van der Waals surface area contributed by atoms with Gasteiger partial charge in [0.1, 0.15) is 5.82 Å². The first kappa shape index (κ1) is 13.0. The minimum absolute atomic E-state index is 0.301. The molecule has 0 aliphatic carbocycles. The molecule has 1 heterocycles. The van der Waals surface area contributed by atoms with Crippen LogP contribution in [0.4, 0.5) is 10.1 Å². The molecule has 0 aliphatic rings. The second-order valence-corrected chi connectivity index (χ2v) is 5.44. The Hall–Kier alpha value is -1.49. The molecule has 2 rings (SSSR count). The number of thioether (sulfide) groups is 1. The van der Waals surface area contributed by atoms with Gasteiger partial charge in [-0.25, -0.2) is 4.39 Å². The van der Waals surface area contributed by atoms with Gasteiger partial charge < -0.3 is 5.73 Å². The summed E-state index contributed by atoms with van der Waals surface area (Å²) in [6.45, 7) is 4.16. The molecule has 18 heavy (non-hydrogen) atoms. The first-order valence-electron chi connectivity index (χ1n) is 5.77. The zero-order valence-corrected chi connectivity index (χ0v) is 11.2. The summed E-state index contributed by atoms with van der Waals surface area (Å²) in [7, 11) is 0. The summed E-state index contributed by atoms with van der Waals surface area (Å²) in [5.41, 5.74) is 7.03. The van der Waals surface area contributed by atoms with Crippen molar-refractivity contribution in [3.8, 4) is 0 Å². The van der Waals surface area contributed by atoms with Crippen LogP contribution in [-0.2, 0) is 5.75 Å². The average molecular weight is 265 g/mol. The van der Waals surface area contributed by atoms with E-state index in [1.165, 1.54) is 23.9 Å². The summed E-state index contributed by atoms with van der Waals surface area (Å²) in [5.74, 6) is 0.410. The Labute approximate surface area is 110 Å². The van der Waals surface area contributed by atoms with E-state index in [4.69, 9.17) is 5.73 Å². The van der Waals surface area contributed by atoms with Crippen molar-refractivity contribution in [2.24, 2.45) is 0 Å². The summed E-state index contributed by atoms with van der Waals surface area (Å²) in [4.78, 5) is 0.826. The van der Waals surface area contributed by atoms with Gasteiger partial charge in [-0.1, -0.05) is 0 Å². The summed E-state index contributed by atoms with van der Waals surface area (Å²) >= 11 is 1.53. The highest BCUT2D eigenvalue weighted by atomic mass is 32.2. The van der Waals surface area contributed by atoms with E-state index in [9.17, 15) is 4.39 Å². The smallest absolute Gasteiger partial charge is 0.126 e. The first-order valence-corrected chi connectivity index (χ1v) is 6.76. The lowest BCUT2D eigenvalue weighted by atomic mass is 10.3. The Morgan fingerprint density at radius 1 is 1.39 bits per heavy atom. The number of anilines is 1. The molecule has 0 bridgehead atoms. The van der Waals surface area contributed by atoms with Gasteiger partial charge in [-0.15, -0.1) is 11.8 Å². The maximum Gasteiger partial charge on any atom is 0.126 e. The maximum atomic E-state index is 13.2. The number of hydrogen-bond donors (Lipinski definition) is 1. The molecule has 3 nitrogen and oxygen atoms in total. The first-order chi connectivity index (χ1) is 8.54. The lowest BCUT2D eigenvalue weighted by Gasteiger charge is -2.04. The van der Waals surface area contributed by atoms with E-state index in [2.05, 4.69) is 18.9 Å². The minimum atomic E-state index is -0.301. The van der Waals surface area contributed by atoms with E-state index in [1.54, 1.807) is 6.07 Å². The highest BCUT2D eigenvalue weighted by Crippen LogP contribution is 2.25. The number of nitrogens with zero attached hydrogens (tertiary/aromatic N) is 2. The zero-order valence-electron chi connectivity index (χ0n) is 10.4. The summed E-state index contributed by atoms with van der Waals surface area (Å²) < 4.78 is 15.1. The average Bonchev–Trinajstić information content (AvgIpc) is 2.73. The fraction of sp³-hybridized carbons (Fsp3) is 0.308. The monoisotopic (exact) mass is 265 g/mol. The highest BCUT2D eigenvalue weighted by Gasteiger charge is 2.04. The Kier molecular flexibility index (Phi) is 3.91. The van der Waals surface area contributed by atoms with Gasteiger partial charge in [-0.05, 0) is 38.1 Å². The van der Waals surface area contributed by atoms with E-state index in [-0.39, 0.29) is 5.82 Å². The van der Waals surface area contributed by atoms with Gasteiger partial charge in [-0.3, -0.25) is 4.68 Å². The van der Waals surface area contributed by atoms with Crippen molar-refractivity contribution < 1.29 is 4.39 Å². The maximum absolute atomic E-state index is 13.2. The Morgan fingerprint density at radius 2 is 2.17 bits per heavy atom. The summed E-state index contributed by atoms with van der Waals surface area (Å²) in [5, 5.41) is 4.44. The van der Waals surface area contributed by atoms with E-state index < -0.39 is 0 Å². The largest absolute Gasteiger partial charge is 0.399 e. The SMILES string of the molecule is CC(C)n1ccc(CSc2cc(N)cc(F)c2)n1. The van der Waals surface area contributed by atoms with Crippen LogP contribution in [0.25, 0.3) is 0 Å². The van der Waals surface area contributed by atoms with Gasteiger partial charge in [0.15, 0.2) is 0 Å². The topological polar surface area (TPSA) is 43.8 Å². The predicted molar refractivity (Wildman–Crippen MR) is 73.0 cm³/mol. The molecule has 0 atom stereocenters. The van der Waals surface area contributed by atoms with Crippen LogP contribution in [0.1, 0.15) is 25.6 Å². The molecular formula is C13H16FN3S. The third-order valence-electron chi connectivity index (χ3n) is 2.47. The lowest BCUT2D eigenvalue weighted by Crippen LogP contribution is -2.01. The lowest BCUT2D eigenvalue weighted by molar-refractivity contribution is 0.529. The molecule has 0 saturated carbocycles. The molecule has 2 aromatic rings. The number of rotatable bonds is 4. The second-order valence-electron chi connectivity index (χ2n) is 4.39. The molecule has 1 aromatic carbocycles. The molecule has 0 saturated heterocycles. The van der Waals surface area contributed by atoms with E-state index in [0.29, 0.717) is 17.5 Å². The van der Waals surface area contributed by atoms with Crippen molar-refractivity contribution >= 4 is 17.4 Å². The highest BCUT2D eigenvalue weighted by molar-refractivity contribution is 7.98. The standard InChI is InChI=1S/C13H16FN3S/c1-9(2)17-4-3-12(16-17)8-18-13-6-10(14)5-11(15)7-13/h3-7,9H,8,15H2,1-2H3. The molecule has 0 fully saturated rings. The van der Waals surface area contributed by atoms with Crippen molar-refractivity contribution in [1.29, 1.82) is 0 Å². The van der Waals surface area contributed by atoms with E-state index in [1.807, 2.05) is 16.9 Å². The molecule has 0 spiro atoms. The predicted octanol–water partition coefficient (Wildman–Crippen LogP) is 3.48. The van der Waals surface area contributed by atoms with Crippen LogP contribution in [-0.4, -0.2) is 9.78 Å². The fourth-order valence-electron chi connectivity index (χ4n) is 1.57. The molecule has 0 aliphatic heterocycles. The normalized spacial score (nSPS) is 11.1. The van der Waals surface area contributed by atoms with Crippen LogP contribution in [0.15, 0.2) is 35.4 Å². The van der Waals surface area contributed by atoms with Crippen LogP contribution < -0.4 is 5.73 Å². The van der Waals surface area contributed by atoms with Gasteiger partial charge in [0.2, 0.25) is 0 Å². The van der Waals surface area contributed by atoms with Gasteiger partial charge in [0, 0.05) is 28.6 Å². The van der Waals surface area contributed by atoms with Crippen molar-refractivity contribution in [1.82, 2.24) is 9.78 Å². The Bertz CT molecular complexity index is 517. The number of nitrogen functional groups attached to an aromatic ring is 1. The molecular weight excluding hydrogens is 249 g/mol. The number of hydrogen-bond acceptors (Lipinski definition) is 3. The van der Waals surface area contributed by atoms with Crippen LogP contribution in [0.2, 0.25) is 0 Å². The quantitative estimate of drug-likeness (QED) is 0.680. The third kappa shape index (κ3) is 3.26. The molecule has 96 valence electrons. The van der Waals surface area contributed by atoms with Crippen LogP contribution in [0.3, 0.4) is 0 Å². The summed E-state index contributed by atoms with van der Waals surface area (Å²) in [6.07, 6.45) is 1.96. The molecule has 5 heteroatoms. The molecule has 2 N–H and O–H groups in total. The van der Waals surface area contributed by atoms with Crippen LogP contribution in [0, 0.1) is 5.82 Å². The Morgan fingerprint density at radius 3 is 2.78 bits per heavy atom. The fourth-order valence-corrected chi connectivity index (χ4v) is 2.45. The van der Waals surface area contributed by atoms with Gasteiger partial charge in [0.25, 0.3) is 0 Å². The number of halogens is 1. The third-order valence-corrected chi connectivity index (χ3v) is 3.48. The van der Waals surface area contributed by atoms with Crippen molar-refractivity contribution in [3.05, 3.63) is 42.0 Å². The van der Waals surface area contributed by atoms with E-state index >= 15 is 0 Å². The Balaban J connectivity index is 2.02. The van der Waals surface area contributed by atoms with Crippen molar-refractivity contribution in [2.45, 2.75) is 30.5 Å². The zero-order chi connectivity index (χ0) is 13.1. The summed E-state index contributed by atoms with van der Waals surface area (Å²) in [6, 6.07) is 6.91. The molecule has 0 amide bonds. The molecule has 1 aromatic heterocycles. The minimum Gasteiger partial charge on any atom is -0.399 e. The number of aromatic nitrogens is 2. The van der Waals surface area contributed by atoms with E-state index in [0.717, 1.165) is 10.6 Å². The molecule has 0 radical (unpaired) electrons. The van der Waals surface area contributed by atoms with Crippen LogP contribution in [0.5, 0.6) is 0 Å². The van der Waals surface area contributed by atoms with Crippen molar-refractivity contribution in [2.75, 3.05) is 5.73 Å².